The van der Waals surface area contributed by atoms with Gasteiger partial charge in [0.25, 0.3) is 0 Å². The zero-order valence-electron chi connectivity index (χ0n) is 11.8. The fourth-order valence-electron chi connectivity index (χ4n) is 1.61. The number of nitrogens with zero attached hydrogens (tertiary/aromatic N) is 1. The number of halogens is 1. The Balaban J connectivity index is 2.87. The predicted molar refractivity (Wildman–Crippen MR) is 82.3 cm³/mol. The predicted octanol–water partition coefficient (Wildman–Crippen LogP) is 3.73. The van der Waals surface area contributed by atoms with Gasteiger partial charge in [0, 0.05) is 29.2 Å². The average molecular weight is 326 g/mol. The lowest BCUT2D eigenvalue weighted by atomic mass is 10.1. The second kappa shape index (κ2) is 7.34. The van der Waals surface area contributed by atoms with Gasteiger partial charge in [-0.15, -0.1) is 0 Å². The van der Waals surface area contributed by atoms with Gasteiger partial charge in [0.1, 0.15) is 5.75 Å². The monoisotopic (exact) mass is 325 g/mol. The lowest BCUT2D eigenvalue weighted by Gasteiger charge is -2.22. The molecule has 0 aliphatic heterocycles. The summed E-state index contributed by atoms with van der Waals surface area (Å²) in [4.78, 5) is 13.7. The first-order valence-electron chi connectivity index (χ1n) is 6.28. The summed E-state index contributed by atoms with van der Waals surface area (Å²) in [5.74, 6) is 0.745. The maximum absolute atomic E-state index is 12.0. The van der Waals surface area contributed by atoms with Crippen LogP contribution in [0.2, 0.25) is 0 Å². The van der Waals surface area contributed by atoms with E-state index in [4.69, 9.17) is 4.74 Å². The van der Waals surface area contributed by atoms with Crippen molar-refractivity contribution in [3.63, 3.8) is 0 Å². The van der Waals surface area contributed by atoms with E-state index in [2.05, 4.69) is 22.9 Å². The molecule has 1 amide bonds. The molecule has 1 rings (SSSR count). The Kier molecular flexibility index (Phi) is 6.09. The van der Waals surface area contributed by atoms with Gasteiger partial charge in [-0.25, -0.2) is 0 Å². The van der Waals surface area contributed by atoms with Crippen LogP contribution in [0.4, 0.5) is 0 Å². The highest BCUT2D eigenvalue weighted by molar-refractivity contribution is 9.10. The molecule has 0 saturated heterocycles. The van der Waals surface area contributed by atoms with Gasteiger partial charge in [-0.05, 0) is 37.6 Å². The normalized spacial score (nSPS) is 12.5. The lowest BCUT2D eigenvalue weighted by molar-refractivity contribution is -0.126. The number of amides is 1. The fraction of sp³-hybridized carbons (Fsp3) is 0.400. The molecule has 19 heavy (non-hydrogen) atoms. The number of hydrogen-bond acceptors (Lipinski definition) is 2. The minimum Gasteiger partial charge on any atom is -0.496 e. The van der Waals surface area contributed by atoms with Crippen molar-refractivity contribution >= 4 is 27.9 Å². The number of benzene rings is 1. The molecule has 0 radical (unpaired) electrons. The van der Waals surface area contributed by atoms with Crippen LogP contribution in [0.5, 0.6) is 5.75 Å². The van der Waals surface area contributed by atoms with Crippen LogP contribution < -0.4 is 4.74 Å². The van der Waals surface area contributed by atoms with Crippen molar-refractivity contribution in [1.82, 2.24) is 4.90 Å². The zero-order valence-corrected chi connectivity index (χ0v) is 13.4. The zero-order chi connectivity index (χ0) is 14.4. The van der Waals surface area contributed by atoms with E-state index in [1.807, 2.05) is 32.2 Å². The standard InChI is InChI=1S/C15H20BrNO2/c1-5-11(2)17(3)15(18)9-6-12-10-13(16)7-8-14(12)19-4/h6-11H,5H2,1-4H3/b9-6+. The minimum atomic E-state index is -0.00335. The van der Waals surface area contributed by atoms with Crippen molar-refractivity contribution in [3.8, 4) is 5.75 Å². The summed E-state index contributed by atoms with van der Waals surface area (Å²) in [6, 6.07) is 5.93. The maximum atomic E-state index is 12.0. The third-order valence-electron chi connectivity index (χ3n) is 3.20. The molecule has 0 aliphatic rings. The third kappa shape index (κ3) is 4.39. The number of methoxy groups -OCH3 is 1. The Hall–Kier alpha value is -1.29. The van der Waals surface area contributed by atoms with Crippen LogP contribution in [0.3, 0.4) is 0 Å². The van der Waals surface area contributed by atoms with Crippen LogP contribution in [0.15, 0.2) is 28.7 Å². The van der Waals surface area contributed by atoms with Gasteiger partial charge in [-0.2, -0.15) is 0 Å². The highest BCUT2D eigenvalue weighted by Gasteiger charge is 2.11. The number of ether oxygens (including phenoxy) is 1. The van der Waals surface area contributed by atoms with Gasteiger partial charge in [0.15, 0.2) is 0 Å². The first-order chi connectivity index (χ1) is 8.99. The van der Waals surface area contributed by atoms with Crippen LogP contribution >= 0.6 is 15.9 Å². The van der Waals surface area contributed by atoms with Gasteiger partial charge in [-0.1, -0.05) is 22.9 Å². The SMILES string of the molecule is CCC(C)N(C)C(=O)/C=C/c1cc(Br)ccc1OC. The van der Waals surface area contributed by atoms with E-state index in [0.29, 0.717) is 0 Å². The van der Waals surface area contributed by atoms with E-state index in [1.165, 1.54) is 0 Å². The Labute approximate surface area is 123 Å². The van der Waals surface area contributed by atoms with Crippen LogP contribution in [-0.4, -0.2) is 31.0 Å². The van der Waals surface area contributed by atoms with Gasteiger partial charge in [-0.3, -0.25) is 4.79 Å². The Morgan fingerprint density at radius 3 is 2.79 bits per heavy atom. The first-order valence-corrected chi connectivity index (χ1v) is 7.07. The van der Waals surface area contributed by atoms with Crippen LogP contribution in [0.1, 0.15) is 25.8 Å². The summed E-state index contributed by atoms with van der Waals surface area (Å²) in [5, 5.41) is 0. The summed E-state index contributed by atoms with van der Waals surface area (Å²) in [6.45, 7) is 4.10. The van der Waals surface area contributed by atoms with Gasteiger partial charge in [0.2, 0.25) is 5.91 Å². The molecule has 3 nitrogen and oxygen atoms in total. The highest BCUT2D eigenvalue weighted by atomic mass is 79.9. The second-order valence-corrected chi connectivity index (χ2v) is 5.34. The fourth-order valence-corrected chi connectivity index (χ4v) is 1.98. The van der Waals surface area contributed by atoms with Crippen molar-refractivity contribution in [3.05, 3.63) is 34.3 Å². The molecule has 0 saturated carbocycles. The number of carbonyl (C=O) groups excluding carboxylic acids is 1. The number of likely N-dealkylation sites (N-methyl/N-ethyl adjacent to an activating group) is 1. The molecule has 0 fully saturated rings. The molecule has 0 bridgehead atoms. The number of rotatable bonds is 5. The number of carbonyl (C=O) groups is 1. The molecule has 104 valence electrons. The average Bonchev–Trinajstić information content (AvgIpc) is 2.43. The summed E-state index contributed by atoms with van der Waals surface area (Å²) in [5.41, 5.74) is 0.878. The lowest BCUT2D eigenvalue weighted by Crippen LogP contribution is -2.33. The Morgan fingerprint density at radius 2 is 2.21 bits per heavy atom. The topological polar surface area (TPSA) is 29.5 Å². The van der Waals surface area contributed by atoms with E-state index in [1.54, 1.807) is 24.2 Å². The van der Waals surface area contributed by atoms with Crippen LogP contribution in [0.25, 0.3) is 6.08 Å². The van der Waals surface area contributed by atoms with Gasteiger partial charge < -0.3 is 9.64 Å². The molecule has 0 aromatic heterocycles. The Bertz CT molecular complexity index is 471. The molecule has 1 aromatic carbocycles. The van der Waals surface area contributed by atoms with Crippen molar-refractivity contribution < 1.29 is 9.53 Å². The minimum absolute atomic E-state index is 0.00335. The van der Waals surface area contributed by atoms with E-state index in [0.717, 1.165) is 22.2 Å². The molecule has 0 aliphatic carbocycles. The molecular formula is C15H20BrNO2. The molecule has 0 N–H and O–H groups in total. The first kappa shape index (κ1) is 15.8. The van der Waals surface area contributed by atoms with Crippen LogP contribution in [0, 0.1) is 0 Å². The van der Waals surface area contributed by atoms with E-state index >= 15 is 0 Å². The molecule has 0 spiro atoms. The third-order valence-corrected chi connectivity index (χ3v) is 3.69. The van der Waals surface area contributed by atoms with E-state index < -0.39 is 0 Å². The van der Waals surface area contributed by atoms with Crippen molar-refractivity contribution in [2.24, 2.45) is 0 Å². The molecular weight excluding hydrogens is 306 g/mol. The van der Waals surface area contributed by atoms with Gasteiger partial charge in [0.05, 0.1) is 7.11 Å². The van der Waals surface area contributed by atoms with Crippen molar-refractivity contribution in [2.75, 3.05) is 14.2 Å². The van der Waals surface area contributed by atoms with E-state index in [9.17, 15) is 4.79 Å². The molecule has 4 heteroatoms. The molecule has 1 atom stereocenters. The quantitative estimate of drug-likeness (QED) is 0.772. The summed E-state index contributed by atoms with van der Waals surface area (Å²) in [6.07, 6.45) is 4.30. The largest absolute Gasteiger partial charge is 0.496 e. The second-order valence-electron chi connectivity index (χ2n) is 4.43. The summed E-state index contributed by atoms with van der Waals surface area (Å²) < 4.78 is 6.22. The van der Waals surface area contributed by atoms with Crippen LogP contribution in [-0.2, 0) is 4.79 Å². The molecule has 1 unspecified atom stereocenters. The van der Waals surface area contributed by atoms with Crippen molar-refractivity contribution in [1.29, 1.82) is 0 Å². The molecule has 0 heterocycles. The number of hydrogen-bond donors (Lipinski definition) is 0. The van der Waals surface area contributed by atoms with Crippen molar-refractivity contribution in [2.45, 2.75) is 26.3 Å². The van der Waals surface area contributed by atoms with E-state index in [-0.39, 0.29) is 11.9 Å². The summed E-state index contributed by atoms with van der Waals surface area (Å²) >= 11 is 3.41. The highest BCUT2D eigenvalue weighted by Crippen LogP contribution is 2.24. The maximum Gasteiger partial charge on any atom is 0.246 e. The summed E-state index contributed by atoms with van der Waals surface area (Å²) in [7, 11) is 3.44. The van der Waals surface area contributed by atoms with Gasteiger partial charge >= 0.3 is 0 Å². The molecule has 1 aromatic rings. The smallest absolute Gasteiger partial charge is 0.246 e. The Morgan fingerprint density at radius 1 is 1.53 bits per heavy atom.